The van der Waals surface area contributed by atoms with Crippen molar-refractivity contribution >= 4 is 28.4 Å². The zero-order chi connectivity index (χ0) is 6.83. The van der Waals surface area contributed by atoms with E-state index in [1.54, 1.807) is 0 Å². The third kappa shape index (κ3) is 46.7. The van der Waals surface area contributed by atoms with Crippen LogP contribution in [0.2, 0.25) is 6.32 Å². The summed E-state index contributed by atoms with van der Waals surface area (Å²) in [4.78, 5) is 0. The number of hydrogen-bond donors (Lipinski definition) is 0. The maximum absolute atomic E-state index is 3.55. The number of rotatable bonds is 2. The smallest absolute Gasteiger partial charge is 0.0572 e. The molecule has 0 rings (SSSR count). The van der Waals surface area contributed by atoms with E-state index < -0.39 is 0 Å². The Balaban J connectivity index is 0. The van der Waals surface area contributed by atoms with Gasteiger partial charge in [0.2, 0.25) is 0 Å². The summed E-state index contributed by atoms with van der Waals surface area (Å²) in [6.45, 7) is 6.25. The van der Waals surface area contributed by atoms with E-state index in [-0.39, 0.29) is 0 Å². The maximum Gasteiger partial charge on any atom is -0.0572 e. The van der Waals surface area contributed by atoms with Crippen LogP contribution in [0.15, 0.2) is 18.9 Å². The van der Waals surface area contributed by atoms with E-state index in [1.807, 2.05) is 5.97 Å². The molecule has 0 bridgehead atoms. The van der Waals surface area contributed by atoms with Crippen LogP contribution in [0.25, 0.3) is 0 Å². The predicted molar refractivity (Wildman–Crippen MR) is 48.5 cm³/mol. The molecule has 0 fully saturated rings. The van der Waals surface area contributed by atoms with Gasteiger partial charge in [0.05, 0.1) is 0 Å². The normalized spacial score (nSPS) is 4.88. The average molecular weight is 104 g/mol. The second kappa shape index (κ2) is 16.0. The molecular weight excluding hydrogens is 92.5 g/mol. The summed E-state index contributed by atoms with van der Waals surface area (Å²) in [6, 6.07) is 0. The molecule has 0 aliphatic heterocycles. The van der Waals surface area contributed by atoms with Crippen LogP contribution >= 0.6 is 0 Å². The quantitative estimate of drug-likeness (QED) is 0.312. The van der Waals surface area contributed by atoms with Crippen LogP contribution in [0.3, 0.4) is 0 Å². The second-order valence-corrected chi connectivity index (χ2v) is 1.33. The van der Waals surface area contributed by atoms with Crippen molar-refractivity contribution in [3.63, 3.8) is 0 Å². The molecule has 0 aromatic carbocycles. The first-order valence-corrected chi connectivity index (χ1v) is 2.73. The Morgan fingerprint density at radius 3 is 2.12 bits per heavy atom. The van der Waals surface area contributed by atoms with E-state index in [2.05, 4.69) is 34.1 Å². The van der Waals surface area contributed by atoms with Crippen molar-refractivity contribution < 1.29 is 0 Å². The van der Waals surface area contributed by atoms with E-state index >= 15 is 0 Å². The molecule has 0 nitrogen and oxygen atoms in total. The number of hydrogen-bond acceptors (Lipinski definition) is 0. The van der Waals surface area contributed by atoms with Crippen LogP contribution in [0.5, 0.6) is 0 Å². The van der Waals surface area contributed by atoms with E-state index in [0.717, 1.165) is 6.32 Å². The van der Waals surface area contributed by atoms with Gasteiger partial charge in [-0.15, -0.1) is 5.73 Å². The summed E-state index contributed by atoms with van der Waals surface area (Å²) in [5.74, 6) is 1.93. The van der Waals surface area contributed by atoms with Crippen molar-refractivity contribution in [1.29, 1.82) is 0 Å². The largest absolute Gasteiger partial charge is 0.137 e. The van der Waals surface area contributed by atoms with Gasteiger partial charge in [0.1, 0.15) is 0 Å². The minimum Gasteiger partial charge on any atom is -0.137 e. The molecule has 0 aromatic rings. The van der Waals surface area contributed by atoms with Crippen LogP contribution < -0.4 is 0 Å². The molecule has 3 heteroatoms. The van der Waals surface area contributed by atoms with Gasteiger partial charge in [-0.05, 0) is 0 Å². The molecule has 0 aromatic heterocycles. The van der Waals surface area contributed by atoms with Gasteiger partial charge in [0.15, 0.2) is 0 Å². The van der Waals surface area contributed by atoms with Gasteiger partial charge in [-0.3, -0.25) is 0 Å². The van der Waals surface area contributed by atoms with Gasteiger partial charge in [-0.2, -0.15) is 0 Å². The van der Waals surface area contributed by atoms with Crippen molar-refractivity contribution in [2.45, 2.75) is 6.32 Å². The first-order chi connectivity index (χ1) is 3.83. The van der Waals surface area contributed by atoms with Crippen molar-refractivity contribution in [2.24, 2.45) is 0 Å². The molecule has 0 heterocycles. The zero-order valence-electron chi connectivity index (χ0n) is 5.61. The Morgan fingerprint density at radius 2 is 2.12 bits per heavy atom. The van der Waals surface area contributed by atoms with Gasteiger partial charge in [0.25, 0.3) is 0 Å². The molecule has 0 radical (unpaired) electrons. The van der Waals surface area contributed by atoms with Gasteiger partial charge in [0, 0.05) is 0 Å². The Morgan fingerprint density at radius 1 is 1.75 bits per heavy atom. The minimum atomic E-state index is 1.15. The van der Waals surface area contributed by atoms with Crippen molar-refractivity contribution in [3.05, 3.63) is 18.9 Å². The summed E-state index contributed by atoms with van der Waals surface area (Å²) in [5.41, 5.74) is 2.25. The molecule has 0 aliphatic carbocycles. The first kappa shape index (κ1) is 10.5. The fourth-order valence-corrected chi connectivity index (χ4v) is 0.204. The molecule has 40 valence electrons. The Kier molecular flexibility index (Phi) is 21.1. The molecule has 0 saturated carbocycles. The average Bonchev–Trinajstić information content (AvgIpc) is 1.71. The Hall–Kier alpha value is -0.415. The minimum absolute atomic E-state index is 1.15. The van der Waals surface area contributed by atoms with Crippen LogP contribution in [-0.4, -0.2) is 28.4 Å². The fraction of sp³-hybridized carbons (Fsp3) is 0.200. The van der Waals surface area contributed by atoms with Gasteiger partial charge in [-0.1, -0.05) is 13.2 Å². The third-order valence-electron chi connectivity index (χ3n) is 0.493. The monoisotopic (exact) mass is 104 g/mol. The summed E-state index contributed by atoms with van der Waals surface area (Å²) >= 11 is 0. The molecular formula is C5H11B3. The summed E-state index contributed by atoms with van der Waals surface area (Å²) < 4.78 is 0. The van der Waals surface area contributed by atoms with Crippen LogP contribution in [-0.2, 0) is 0 Å². The zero-order valence-corrected chi connectivity index (χ0v) is 5.61. The molecule has 0 saturated heterocycles. The molecule has 0 atom stereocenters. The maximum atomic E-state index is 3.55. The second-order valence-electron chi connectivity index (χ2n) is 1.33. The van der Waals surface area contributed by atoms with Crippen molar-refractivity contribution in [1.82, 2.24) is 0 Å². The molecule has 8 heavy (non-hydrogen) atoms. The van der Waals surface area contributed by atoms with E-state index in [4.69, 9.17) is 0 Å². The molecule has 0 N–H and O–H groups in total. The first-order valence-electron chi connectivity index (χ1n) is 2.73. The van der Waals surface area contributed by atoms with E-state index in [1.165, 1.54) is 7.17 Å². The van der Waals surface area contributed by atoms with Crippen LogP contribution in [0.4, 0.5) is 0 Å². The summed E-state index contributed by atoms with van der Waals surface area (Å²) in [5, 5.41) is 0. The van der Waals surface area contributed by atoms with Gasteiger partial charge < -0.3 is 0 Å². The molecule has 0 amide bonds. The van der Waals surface area contributed by atoms with Crippen molar-refractivity contribution in [3.8, 4) is 0 Å². The molecule has 0 unspecified atom stereocenters. The standard InChI is InChI=1S/C3H4.C2H7B3/c1-3-2;3-1-2-5-4/h1-2H2;1,3,5H,2,4H2. The SMILES string of the molecule is B=CCBB.C=C=C. The van der Waals surface area contributed by atoms with Crippen LogP contribution in [0, 0.1) is 0 Å². The molecule has 0 spiro atoms. The predicted octanol–water partition coefficient (Wildman–Crippen LogP) is -0.950. The van der Waals surface area contributed by atoms with E-state index in [9.17, 15) is 0 Å². The topological polar surface area (TPSA) is 0 Å². The third-order valence-corrected chi connectivity index (χ3v) is 0.493. The van der Waals surface area contributed by atoms with Gasteiger partial charge in [-0.25, -0.2) is 0 Å². The van der Waals surface area contributed by atoms with Crippen molar-refractivity contribution in [2.75, 3.05) is 0 Å². The summed E-state index contributed by atoms with van der Waals surface area (Å²) in [6.07, 6.45) is 1.15. The Labute approximate surface area is 54.4 Å². The van der Waals surface area contributed by atoms with Crippen LogP contribution in [0.1, 0.15) is 0 Å². The van der Waals surface area contributed by atoms with E-state index in [0.29, 0.717) is 0 Å². The summed E-state index contributed by atoms with van der Waals surface area (Å²) in [7, 11) is 6.92. The fourth-order valence-electron chi connectivity index (χ4n) is 0.204. The molecule has 0 aliphatic rings. The van der Waals surface area contributed by atoms with Gasteiger partial charge >= 0.3 is 34.7 Å². The Bertz CT molecular complexity index is 71.7.